The molecular weight excluding hydrogens is 687 g/mol. The third-order valence-corrected chi connectivity index (χ3v) is 5.57. The summed E-state index contributed by atoms with van der Waals surface area (Å²) in [7, 11) is 0. The molecule has 0 heterocycles. The maximum absolute atomic E-state index is 13.5. The number of alkyl halides is 16. The van der Waals surface area contributed by atoms with Crippen molar-refractivity contribution in [1.29, 1.82) is 0 Å². The van der Waals surface area contributed by atoms with Crippen LogP contribution in [-0.2, 0) is 28.4 Å². The Morgan fingerprint density at radius 3 is 1.47 bits per heavy atom. The predicted molar refractivity (Wildman–Crippen MR) is 100 cm³/mol. The summed E-state index contributed by atoms with van der Waals surface area (Å²) >= 11 is 0.109. The van der Waals surface area contributed by atoms with Gasteiger partial charge in [-0.1, -0.05) is 0 Å². The van der Waals surface area contributed by atoms with Gasteiger partial charge in [0.2, 0.25) is 0 Å². The number of halogens is 16. The van der Waals surface area contributed by atoms with Crippen molar-refractivity contribution in [3.05, 3.63) is 0 Å². The number of esters is 2. The van der Waals surface area contributed by atoms with Crippen molar-refractivity contribution in [1.82, 2.24) is 0 Å². The first-order valence-electron chi connectivity index (χ1n) is 10.6. The van der Waals surface area contributed by atoms with E-state index in [1.54, 1.807) is 0 Å². The minimum absolute atomic E-state index is 0. The van der Waals surface area contributed by atoms with Gasteiger partial charge in [0.25, 0.3) is 0 Å². The molecule has 0 aromatic rings. The fourth-order valence-corrected chi connectivity index (χ4v) is 3.06. The van der Waals surface area contributed by atoms with E-state index in [1.807, 2.05) is 0 Å². The van der Waals surface area contributed by atoms with Crippen LogP contribution < -0.4 is 34.8 Å². The van der Waals surface area contributed by atoms with Crippen molar-refractivity contribution in [2.24, 2.45) is 5.92 Å². The zero-order valence-electron chi connectivity index (χ0n) is 21.0. The smallest absolute Gasteiger partial charge is 0.691 e. The number of rotatable bonds is 20. The SMILES string of the molecule is O=C(CC(CCSOO[O-])C(=O)OCCC(F)(F)C(F)(F)C(F)(F)C(F)F)OCCC(F)(F)C(F)(F)C(F)(F)C(F)F.[Na+]. The van der Waals surface area contributed by atoms with Crippen LogP contribution in [0.3, 0.4) is 0 Å². The van der Waals surface area contributed by atoms with Gasteiger partial charge in [-0.25, -0.2) is 17.6 Å². The molecule has 0 rings (SSSR count). The van der Waals surface area contributed by atoms with Crippen LogP contribution in [0.1, 0.15) is 25.7 Å². The van der Waals surface area contributed by atoms with Crippen LogP contribution in [-0.4, -0.2) is 79.3 Å². The molecule has 0 spiro atoms. The molecule has 25 heteroatoms. The molecule has 0 saturated carbocycles. The molecule has 0 aromatic carbocycles. The number of ether oxygens (including phenoxy) is 2. The van der Waals surface area contributed by atoms with Crippen LogP contribution in [0.15, 0.2) is 0 Å². The normalized spacial score (nSPS) is 14.5. The van der Waals surface area contributed by atoms with Gasteiger partial charge in [-0.05, 0) is 6.42 Å². The Morgan fingerprint density at radius 1 is 0.698 bits per heavy atom. The largest absolute Gasteiger partial charge is 1.00 e. The molecule has 250 valence electrons. The molecule has 0 fully saturated rings. The maximum Gasteiger partial charge on any atom is 1.00 e. The van der Waals surface area contributed by atoms with Crippen LogP contribution in [0, 0.1) is 5.92 Å². The van der Waals surface area contributed by atoms with Gasteiger partial charge >= 0.3 is 89.9 Å². The number of hydrogen-bond acceptors (Lipinski definition) is 8. The Kier molecular flexibility index (Phi) is 17.6. The van der Waals surface area contributed by atoms with Crippen molar-refractivity contribution in [3.8, 4) is 0 Å². The summed E-state index contributed by atoms with van der Waals surface area (Å²) < 4.78 is 219. The summed E-state index contributed by atoms with van der Waals surface area (Å²) in [5.74, 6) is -44.2. The number of carbonyl (C=O) groups is 2. The first-order valence-corrected chi connectivity index (χ1v) is 11.5. The Morgan fingerprint density at radius 2 is 1.09 bits per heavy atom. The molecule has 1 unspecified atom stereocenters. The van der Waals surface area contributed by atoms with Crippen LogP contribution in [0.4, 0.5) is 70.2 Å². The molecular formula is C18H17F16NaO7S. The van der Waals surface area contributed by atoms with Gasteiger partial charge in [0.05, 0.1) is 38.4 Å². The molecule has 1 atom stereocenters. The summed E-state index contributed by atoms with van der Waals surface area (Å²) in [6, 6.07) is 0. The molecule has 0 aromatic heterocycles. The van der Waals surface area contributed by atoms with Crippen LogP contribution in [0.5, 0.6) is 0 Å². The number of hydrogen-bond donors (Lipinski definition) is 0. The zero-order chi connectivity index (χ0) is 33.4. The molecule has 43 heavy (non-hydrogen) atoms. The van der Waals surface area contributed by atoms with Gasteiger partial charge in [0.1, 0.15) is 0 Å². The molecule has 0 amide bonds. The minimum atomic E-state index is -6.64. The Balaban J connectivity index is 0. The second-order valence-electron chi connectivity index (χ2n) is 7.94. The fraction of sp³-hybridized carbons (Fsp3) is 0.889. The van der Waals surface area contributed by atoms with Crippen LogP contribution in [0.25, 0.3) is 0 Å². The summed E-state index contributed by atoms with van der Waals surface area (Å²) in [6.07, 6.45) is -17.5. The second kappa shape index (κ2) is 17.1. The van der Waals surface area contributed by atoms with E-state index in [1.165, 1.54) is 0 Å². The van der Waals surface area contributed by atoms with Gasteiger partial charge in [-0.15, -0.1) is 0 Å². The van der Waals surface area contributed by atoms with E-state index in [9.17, 15) is 85.1 Å². The molecule has 0 aliphatic rings. The van der Waals surface area contributed by atoms with Crippen molar-refractivity contribution in [2.75, 3.05) is 19.0 Å². The van der Waals surface area contributed by atoms with Gasteiger partial charge in [0, 0.05) is 17.8 Å². The monoisotopic (exact) mass is 704 g/mol. The Hall–Kier alpha value is -0.950. The molecule has 0 aliphatic carbocycles. The first-order chi connectivity index (χ1) is 18.8. The molecule has 0 aliphatic heterocycles. The van der Waals surface area contributed by atoms with E-state index >= 15 is 0 Å². The second-order valence-corrected chi connectivity index (χ2v) is 8.72. The molecule has 0 saturated heterocycles. The molecule has 0 bridgehead atoms. The Labute approximate surface area is 256 Å². The van der Waals surface area contributed by atoms with E-state index in [0.29, 0.717) is 0 Å². The van der Waals surface area contributed by atoms with Gasteiger partial charge in [-0.3, -0.25) is 14.6 Å². The van der Waals surface area contributed by atoms with E-state index in [4.69, 9.17) is 0 Å². The van der Waals surface area contributed by atoms with Gasteiger partial charge < -0.3 is 14.7 Å². The summed E-state index contributed by atoms with van der Waals surface area (Å²) in [5.41, 5.74) is 0. The zero-order valence-corrected chi connectivity index (χ0v) is 23.8. The van der Waals surface area contributed by atoms with Crippen molar-refractivity contribution in [3.63, 3.8) is 0 Å². The van der Waals surface area contributed by atoms with Gasteiger partial charge in [0.15, 0.2) is 0 Å². The van der Waals surface area contributed by atoms with Crippen LogP contribution in [0.2, 0.25) is 0 Å². The molecule has 0 radical (unpaired) electrons. The first kappa shape index (κ1) is 44.2. The summed E-state index contributed by atoms with van der Waals surface area (Å²) in [5, 5.41) is 12.6. The third kappa shape index (κ3) is 11.1. The molecule has 7 nitrogen and oxygen atoms in total. The minimum Gasteiger partial charge on any atom is -0.691 e. The predicted octanol–water partition coefficient (Wildman–Crippen LogP) is 2.47. The maximum atomic E-state index is 13.5. The standard InChI is InChI=1S/C18H18F16O7S.Na/c19-11(20)15(27,28)17(31,32)13(23,24)2-4-38-9(35)7-8(1-6-42-41-40-37)10(36)39-5-3-14(25,26)18(33,34)16(29,30)12(21)22;/h8,11-12,37H,1-7H2;/q;+1/p-1. The van der Waals surface area contributed by atoms with Gasteiger partial charge in [-0.2, -0.15) is 57.0 Å². The van der Waals surface area contributed by atoms with E-state index in [-0.39, 0.29) is 41.6 Å². The quantitative estimate of drug-likeness (QED) is 0.0364. The topological polar surface area (TPSA) is 94.1 Å². The number of carbonyl (C=O) groups excluding carboxylic acids is 2. The average molecular weight is 704 g/mol. The third-order valence-electron chi connectivity index (χ3n) is 5.02. The average Bonchev–Trinajstić information content (AvgIpc) is 2.84. The summed E-state index contributed by atoms with van der Waals surface area (Å²) in [6.45, 7) is -3.71. The van der Waals surface area contributed by atoms with Crippen LogP contribution >= 0.6 is 12.0 Å². The Bertz CT molecular complexity index is 882. The fourth-order valence-electron chi connectivity index (χ4n) is 2.57. The van der Waals surface area contributed by atoms with E-state index in [2.05, 4.69) is 18.8 Å². The molecule has 0 N–H and O–H groups in total. The van der Waals surface area contributed by atoms with Crippen molar-refractivity contribution in [2.45, 2.75) is 74.1 Å². The van der Waals surface area contributed by atoms with Crippen molar-refractivity contribution < 1.29 is 133 Å². The van der Waals surface area contributed by atoms with Crippen molar-refractivity contribution >= 4 is 24.0 Å². The van der Waals surface area contributed by atoms with E-state index in [0.717, 1.165) is 0 Å². The summed E-state index contributed by atoms with van der Waals surface area (Å²) in [4.78, 5) is 23.9. The van der Waals surface area contributed by atoms with E-state index < -0.39 is 111 Å².